The Morgan fingerprint density at radius 3 is 1.50 bits per heavy atom. The molecule has 2 fully saturated rings. The normalized spacial score (nSPS) is 16.0. The zero-order valence-corrected chi connectivity index (χ0v) is 30.4. The van der Waals surface area contributed by atoms with Gasteiger partial charge in [0, 0.05) is 80.9 Å². The number of para-hydroxylation sites is 2. The molecule has 56 heavy (non-hydrogen) atoms. The number of fused-ring (bicyclic) bond motifs is 2. The summed E-state index contributed by atoms with van der Waals surface area (Å²) in [6, 6.07) is 17.6. The molecule has 0 spiro atoms. The number of nitrogens with zero attached hydrogens (tertiary/aromatic N) is 7. The molecular weight excluding hydrogens is 742 g/mol. The quantitative estimate of drug-likeness (QED) is 0.0703. The maximum Gasteiger partial charge on any atom is 0.416 e. The molecule has 0 aliphatic carbocycles. The van der Waals surface area contributed by atoms with Crippen LogP contribution >= 0.6 is 0 Å². The SMILES string of the molecule is CN1CCN(c2cc(-c3nc4c(N)cccc4[nH]3)cc(C(F)(F)F)c2)CC1.CN1CCN(c2cc(-c3nc4c([N+](=O)[O-])cccc4[nH]3)cc(C(F)(F)F)c2)CC1. The van der Waals surface area contributed by atoms with Crippen molar-refractivity contribution in [3.8, 4) is 22.8 Å². The number of aromatic amines is 2. The molecule has 8 rings (SSSR count). The molecule has 2 saturated heterocycles. The lowest BCUT2D eigenvalue weighted by Gasteiger charge is -2.34. The van der Waals surface area contributed by atoms with Gasteiger partial charge in [-0.05, 0) is 68.7 Å². The number of imidazole rings is 2. The number of nitro groups is 1. The van der Waals surface area contributed by atoms with Gasteiger partial charge in [0.25, 0.3) is 5.69 Å². The molecule has 4 N–H and O–H groups in total. The lowest BCUT2D eigenvalue weighted by Crippen LogP contribution is -2.44. The highest BCUT2D eigenvalue weighted by molar-refractivity contribution is 5.90. The fourth-order valence-electron chi connectivity index (χ4n) is 6.81. The van der Waals surface area contributed by atoms with Crippen molar-refractivity contribution in [2.45, 2.75) is 12.4 Å². The summed E-state index contributed by atoms with van der Waals surface area (Å²) in [6.45, 7) is 5.73. The highest BCUT2D eigenvalue weighted by Gasteiger charge is 2.34. The van der Waals surface area contributed by atoms with E-state index in [0.29, 0.717) is 71.2 Å². The molecule has 18 heteroatoms. The van der Waals surface area contributed by atoms with Crippen LogP contribution in [0.5, 0.6) is 0 Å². The van der Waals surface area contributed by atoms with Crippen molar-refractivity contribution in [3.05, 3.63) is 94.0 Å². The van der Waals surface area contributed by atoms with Crippen molar-refractivity contribution in [2.24, 2.45) is 0 Å². The van der Waals surface area contributed by atoms with Gasteiger partial charge in [0.05, 0.1) is 32.8 Å². The predicted octanol–water partition coefficient (Wildman–Crippen LogP) is 7.49. The van der Waals surface area contributed by atoms with E-state index < -0.39 is 28.4 Å². The maximum atomic E-state index is 13.5. The number of nitrogens with two attached hydrogens (primary N) is 1. The third-order valence-electron chi connectivity index (χ3n) is 10.0. The Kier molecular flexibility index (Phi) is 10.3. The lowest BCUT2D eigenvalue weighted by molar-refractivity contribution is -0.383. The number of piperazine rings is 2. The van der Waals surface area contributed by atoms with E-state index in [2.05, 4.69) is 29.7 Å². The average molecular weight is 781 g/mol. The molecule has 0 unspecified atom stereocenters. The molecule has 2 aliphatic heterocycles. The van der Waals surface area contributed by atoms with Gasteiger partial charge in [-0.2, -0.15) is 26.3 Å². The van der Waals surface area contributed by atoms with Crippen LogP contribution in [0.15, 0.2) is 72.8 Å². The largest absolute Gasteiger partial charge is 0.416 e. The van der Waals surface area contributed by atoms with Gasteiger partial charge in [-0.15, -0.1) is 0 Å². The van der Waals surface area contributed by atoms with E-state index in [9.17, 15) is 36.5 Å². The van der Waals surface area contributed by atoms with Crippen LogP contribution in [-0.2, 0) is 12.4 Å². The van der Waals surface area contributed by atoms with Crippen LogP contribution in [0.25, 0.3) is 44.8 Å². The van der Waals surface area contributed by atoms with Gasteiger partial charge >= 0.3 is 12.4 Å². The summed E-state index contributed by atoms with van der Waals surface area (Å²) in [5.41, 5.74) is 8.18. The zero-order chi connectivity index (χ0) is 39.9. The third kappa shape index (κ3) is 8.20. The van der Waals surface area contributed by atoms with Gasteiger partial charge in [0.1, 0.15) is 17.2 Å². The van der Waals surface area contributed by atoms with Crippen molar-refractivity contribution in [3.63, 3.8) is 0 Å². The molecule has 4 heterocycles. The molecular formula is C38H38F6N10O2. The average Bonchev–Trinajstić information content (AvgIpc) is 3.81. The molecule has 0 atom stereocenters. The first-order valence-electron chi connectivity index (χ1n) is 17.7. The van der Waals surface area contributed by atoms with Gasteiger partial charge < -0.3 is 35.3 Å². The Balaban J connectivity index is 0.000000172. The topological polar surface area (TPSA) is 139 Å². The van der Waals surface area contributed by atoms with Crippen molar-refractivity contribution in [1.82, 2.24) is 29.7 Å². The van der Waals surface area contributed by atoms with Gasteiger partial charge in [0.2, 0.25) is 0 Å². The molecule has 2 aromatic heterocycles. The highest BCUT2D eigenvalue weighted by atomic mass is 19.4. The fraction of sp³-hybridized carbons (Fsp3) is 0.316. The Bertz CT molecular complexity index is 2380. The molecule has 0 saturated carbocycles. The van der Waals surface area contributed by atoms with E-state index in [-0.39, 0.29) is 22.6 Å². The molecule has 2 aliphatic rings. The summed E-state index contributed by atoms with van der Waals surface area (Å²) >= 11 is 0. The number of halogens is 6. The highest BCUT2D eigenvalue weighted by Crippen LogP contribution is 2.38. The van der Waals surface area contributed by atoms with E-state index >= 15 is 0 Å². The number of nitrogen functional groups attached to an aromatic ring is 1. The monoisotopic (exact) mass is 780 g/mol. The Labute approximate surface area is 316 Å². The summed E-state index contributed by atoms with van der Waals surface area (Å²) in [6.07, 6.45) is -8.95. The Hall–Kier alpha value is -5.88. The number of rotatable bonds is 5. The molecule has 0 amide bonds. The molecule has 4 aromatic carbocycles. The summed E-state index contributed by atoms with van der Waals surface area (Å²) in [5.74, 6) is 0.542. The summed E-state index contributed by atoms with van der Waals surface area (Å²) in [7, 11) is 3.98. The fourth-order valence-corrected chi connectivity index (χ4v) is 6.81. The predicted molar refractivity (Wildman–Crippen MR) is 204 cm³/mol. The van der Waals surface area contributed by atoms with Crippen LogP contribution in [0.1, 0.15) is 11.1 Å². The number of benzene rings is 4. The van der Waals surface area contributed by atoms with Crippen LogP contribution in [0, 0.1) is 10.1 Å². The summed E-state index contributed by atoms with van der Waals surface area (Å²) in [4.78, 5) is 33.5. The smallest absolute Gasteiger partial charge is 0.397 e. The number of nitro benzene ring substituents is 1. The van der Waals surface area contributed by atoms with Gasteiger partial charge in [-0.1, -0.05) is 12.1 Å². The number of non-ortho nitro benzene ring substituents is 1. The second kappa shape index (κ2) is 15.0. The van der Waals surface area contributed by atoms with Crippen LogP contribution < -0.4 is 15.5 Å². The maximum absolute atomic E-state index is 13.5. The molecule has 0 radical (unpaired) electrons. The van der Waals surface area contributed by atoms with Crippen molar-refractivity contribution >= 4 is 44.8 Å². The minimum atomic E-state index is -4.52. The Morgan fingerprint density at radius 2 is 1.07 bits per heavy atom. The number of hydrogen-bond donors (Lipinski definition) is 3. The van der Waals surface area contributed by atoms with Gasteiger partial charge in [-0.3, -0.25) is 10.1 Å². The lowest BCUT2D eigenvalue weighted by atomic mass is 10.1. The first kappa shape index (κ1) is 38.4. The van der Waals surface area contributed by atoms with Crippen LogP contribution in [0.4, 0.5) is 49.1 Å². The number of hydrogen-bond acceptors (Lipinski definition) is 9. The molecule has 12 nitrogen and oxygen atoms in total. The van der Waals surface area contributed by atoms with Crippen molar-refractivity contribution in [1.29, 1.82) is 0 Å². The van der Waals surface area contributed by atoms with E-state index in [1.807, 2.05) is 23.9 Å². The number of nitrogens with one attached hydrogen (secondary N) is 2. The van der Waals surface area contributed by atoms with Crippen LogP contribution in [0.2, 0.25) is 0 Å². The standard InChI is InChI=1S/C19H18F3N5O2.C19H20F3N5/c1-25-5-7-26(8-6-25)14-10-12(9-13(11-14)19(20,21)22)18-23-15-3-2-4-16(27(28)29)17(15)24-18;1-26-5-7-27(8-6-26)14-10-12(9-13(11-14)19(20,21)22)18-24-16-4-2-3-15(23)17(16)25-18/h2-4,9-11H,5-8H2,1H3,(H,23,24);2-4,9-11H,5-8,23H2,1H3,(H,24,25). The van der Waals surface area contributed by atoms with Gasteiger partial charge in [-0.25, -0.2) is 9.97 Å². The summed E-state index contributed by atoms with van der Waals surface area (Å²) in [5, 5.41) is 11.2. The van der Waals surface area contributed by atoms with E-state index in [4.69, 9.17) is 5.73 Å². The molecule has 294 valence electrons. The van der Waals surface area contributed by atoms with E-state index in [0.717, 1.165) is 44.4 Å². The third-order valence-corrected chi connectivity index (χ3v) is 10.0. The zero-order valence-electron chi connectivity index (χ0n) is 30.4. The summed E-state index contributed by atoms with van der Waals surface area (Å²) < 4.78 is 81.0. The molecule has 0 bridgehead atoms. The first-order valence-corrected chi connectivity index (χ1v) is 17.7. The molecule has 6 aromatic rings. The van der Waals surface area contributed by atoms with E-state index in [1.165, 1.54) is 18.2 Å². The minimum absolute atomic E-state index is 0.117. The number of likely N-dealkylation sites (N-methyl/N-ethyl adjacent to an activating group) is 2. The van der Waals surface area contributed by atoms with Crippen LogP contribution in [-0.4, -0.2) is 101 Å². The first-order chi connectivity index (χ1) is 26.5. The number of alkyl halides is 6. The minimum Gasteiger partial charge on any atom is -0.397 e. The second-order valence-corrected chi connectivity index (χ2v) is 14.0. The van der Waals surface area contributed by atoms with Crippen molar-refractivity contribution < 1.29 is 31.3 Å². The second-order valence-electron chi connectivity index (χ2n) is 14.0. The van der Waals surface area contributed by atoms with Crippen molar-refractivity contribution in [2.75, 3.05) is 82.0 Å². The van der Waals surface area contributed by atoms with E-state index in [1.54, 1.807) is 36.4 Å². The number of aromatic nitrogens is 4. The Morgan fingerprint density at radius 1 is 0.643 bits per heavy atom. The number of H-pyrrole nitrogens is 2. The van der Waals surface area contributed by atoms with Gasteiger partial charge in [0.15, 0.2) is 5.52 Å². The number of anilines is 3. The van der Waals surface area contributed by atoms with Crippen LogP contribution in [0.3, 0.4) is 0 Å².